The highest BCUT2D eigenvalue weighted by Gasteiger charge is 2.02. The van der Waals surface area contributed by atoms with Crippen LogP contribution in [0.15, 0.2) is 48.5 Å². The summed E-state index contributed by atoms with van der Waals surface area (Å²) in [6.45, 7) is 2.20. The van der Waals surface area contributed by atoms with Crippen molar-refractivity contribution in [1.29, 1.82) is 0 Å². The van der Waals surface area contributed by atoms with Crippen molar-refractivity contribution in [2.45, 2.75) is 12.8 Å². The lowest BCUT2D eigenvalue weighted by Gasteiger charge is -2.06. The highest BCUT2D eigenvalue weighted by Crippen LogP contribution is 2.24. The Hall–Kier alpha value is -1.51. The van der Waals surface area contributed by atoms with Crippen LogP contribution in [0.2, 0.25) is 5.02 Å². The minimum Gasteiger partial charge on any atom is -0.495 e. The van der Waals surface area contributed by atoms with E-state index in [1.807, 2.05) is 12.1 Å². The summed E-state index contributed by atoms with van der Waals surface area (Å²) in [4.78, 5) is 0. The van der Waals surface area contributed by atoms with Crippen LogP contribution in [0.1, 0.15) is 11.1 Å². The number of methoxy groups -OCH3 is 1. The van der Waals surface area contributed by atoms with Crippen LogP contribution in [0.4, 0.5) is 0 Å². The van der Waals surface area contributed by atoms with E-state index < -0.39 is 0 Å². The summed E-state index contributed by atoms with van der Waals surface area (Å²) >= 11 is 6.02. The molecule has 0 aliphatic rings. The molecule has 0 aliphatic heterocycles. The van der Waals surface area contributed by atoms with Gasteiger partial charge in [-0.05, 0) is 23.3 Å². The van der Waals surface area contributed by atoms with Crippen LogP contribution in [0.25, 0.3) is 0 Å². The van der Waals surface area contributed by atoms with Gasteiger partial charge in [0, 0.05) is 12.8 Å². The number of hydrogen-bond donors (Lipinski definition) is 1. The van der Waals surface area contributed by atoms with Gasteiger partial charge in [0.15, 0.2) is 0 Å². The molecule has 2 nitrogen and oxygen atoms in total. The molecule has 0 saturated heterocycles. The van der Waals surface area contributed by atoms with Crippen molar-refractivity contribution in [1.82, 2.24) is 0 Å². The molecule has 0 heterocycles. The molecule has 20 heavy (non-hydrogen) atoms. The summed E-state index contributed by atoms with van der Waals surface area (Å²) in [5, 5.41) is 3.03. The van der Waals surface area contributed by atoms with Gasteiger partial charge >= 0.3 is 0 Å². The van der Waals surface area contributed by atoms with Crippen molar-refractivity contribution in [2.24, 2.45) is 0 Å². The molecule has 0 amide bonds. The van der Waals surface area contributed by atoms with Crippen LogP contribution >= 0.6 is 11.6 Å². The second kappa shape index (κ2) is 7.93. The number of quaternary nitrogens is 1. The molecule has 3 heteroatoms. The molecular formula is C17H21ClNO+. The molecule has 2 rings (SSSR count). The van der Waals surface area contributed by atoms with Gasteiger partial charge in [0.05, 0.1) is 25.2 Å². The van der Waals surface area contributed by atoms with E-state index in [0.29, 0.717) is 5.02 Å². The van der Waals surface area contributed by atoms with E-state index in [2.05, 4.69) is 41.7 Å². The molecule has 2 aromatic rings. The summed E-state index contributed by atoms with van der Waals surface area (Å²) < 4.78 is 5.23. The van der Waals surface area contributed by atoms with Gasteiger partial charge in [-0.25, -0.2) is 0 Å². The van der Waals surface area contributed by atoms with Gasteiger partial charge in [-0.15, -0.1) is 0 Å². The number of benzene rings is 2. The molecule has 106 valence electrons. The molecule has 0 saturated carbocycles. The molecule has 0 aromatic heterocycles. The Balaban J connectivity index is 1.71. The van der Waals surface area contributed by atoms with Crippen LogP contribution < -0.4 is 10.1 Å². The Morgan fingerprint density at radius 2 is 1.65 bits per heavy atom. The maximum absolute atomic E-state index is 6.02. The molecule has 0 bridgehead atoms. The standard InChI is InChI=1S/C17H20ClNO/c1-20-17-13-15(7-8-16(17)18)10-12-19-11-9-14-5-3-2-4-6-14/h2-8,13,19H,9-12H2,1H3/p+1. The summed E-state index contributed by atoms with van der Waals surface area (Å²) in [6.07, 6.45) is 2.15. The van der Waals surface area contributed by atoms with E-state index in [4.69, 9.17) is 16.3 Å². The van der Waals surface area contributed by atoms with Gasteiger partial charge in [0.1, 0.15) is 5.75 Å². The van der Waals surface area contributed by atoms with Crippen molar-refractivity contribution < 1.29 is 10.1 Å². The van der Waals surface area contributed by atoms with Crippen molar-refractivity contribution in [2.75, 3.05) is 20.2 Å². The third-order valence-electron chi connectivity index (χ3n) is 3.33. The Morgan fingerprint density at radius 3 is 2.35 bits per heavy atom. The zero-order valence-electron chi connectivity index (χ0n) is 11.8. The molecule has 0 aliphatic carbocycles. The first-order chi connectivity index (χ1) is 9.79. The summed E-state index contributed by atoms with van der Waals surface area (Å²) in [5.74, 6) is 0.758. The zero-order chi connectivity index (χ0) is 14.2. The second-order valence-electron chi connectivity index (χ2n) is 4.82. The normalized spacial score (nSPS) is 10.5. The van der Waals surface area contributed by atoms with E-state index in [9.17, 15) is 0 Å². The monoisotopic (exact) mass is 290 g/mol. The van der Waals surface area contributed by atoms with Crippen LogP contribution in [0.5, 0.6) is 5.75 Å². The quantitative estimate of drug-likeness (QED) is 0.780. The van der Waals surface area contributed by atoms with Crippen LogP contribution in [-0.4, -0.2) is 20.2 Å². The average Bonchev–Trinajstić information content (AvgIpc) is 2.49. The van der Waals surface area contributed by atoms with Crippen molar-refractivity contribution in [3.05, 3.63) is 64.7 Å². The fourth-order valence-corrected chi connectivity index (χ4v) is 2.38. The summed E-state index contributed by atoms with van der Waals surface area (Å²) in [5.41, 5.74) is 2.67. The third kappa shape index (κ3) is 4.55. The lowest BCUT2D eigenvalue weighted by atomic mass is 10.1. The number of rotatable bonds is 7. The Kier molecular flexibility index (Phi) is 5.90. The smallest absolute Gasteiger partial charge is 0.137 e. The summed E-state index contributed by atoms with van der Waals surface area (Å²) in [6, 6.07) is 16.6. The van der Waals surface area contributed by atoms with Crippen molar-refractivity contribution in [3.63, 3.8) is 0 Å². The topological polar surface area (TPSA) is 25.8 Å². The molecule has 0 radical (unpaired) electrons. The van der Waals surface area contributed by atoms with Crippen molar-refractivity contribution in [3.8, 4) is 5.75 Å². The molecule has 2 aromatic carbocycles. The Morgan fingerprint density at radius 1 is 0.950 bits per heavy atom. The number of hydrogen-bond acceptors (Lipinski definition) is 1. The van der Waals surface area contributed by atoms with Gasteiger partial charge in [-0.2, -0.15) is 0 Å². The second-order valence-corrected chi connectivity index (χ2v) is 5.23. The zero-order valence-corrected chi connectivity index (χ0v) is 12.6. The van der Waals surface area contributed by atoms with Gasteiger partial charge in [-0.3, -0.25) is 0 Å². The lowest BCUT2D eigenvalue weighted by Crippen LogP contribution is -2.85. The number of halogens is 1. The van der Waals surface area contributed by atoms with E-state index in [-0.39, 0.29) is 0 Å². The van der Waals surface area contributed by atoms with E-state index in [1.165, 1.54) is 11.1 Å². The summed E-state index contributed by atoms with van der Waals surface area (Å²) in [7, 11) is 1.65. The lowest BCUT2D eigenvalue weighted by molar-refractivity contribution is -0.653. The van der Waals surface area contributed by atoms with Gasteiger partial charge < -0.3 is 10.1 Å². The van der Waals surface area contributed by atoms with E-state index in [1.54, 1.807) is 7.11 Å². The molecule has 0 fully saturated rings. The van der Waals surface area contributed by atoms with Crippen molar-refractivity contribution >= 4 is 11.6 Å². The number of ether oxygens (including phenoxy) is 1. The average molecular weight is 291 g/mol. The fourth-order valence-electron chi connectivity index (χ4n) is 2.19. The molecule has 0 atom stereocenters. The predicted molar refractivity (Wildman–Crippen MR) is 83.5 cm³/mol. The maximum atomic E-state index is 6.02. The molecule has 0 spiro atoms. The Labute approximate surface area is 125 Å². The molecule has 0 unspecified atom stereocenters. The highest BCUT2D eigenvalue weighted by atomic mass is 35.5. The Bertz CT molecular complexity index is 528. The largest absolute Gasteiger partial charge is 0.495 e. The van der Waals surface area contributed by atoms with Gasteiger partial charge in [-0.1, -0.05) is 48.0 Å². The minimum absolute atomic E-state index is 0.671. The first-order valence-electron chi connectivity index (χ1n) is 6.97. The van der Waals surface area contributed by atoms with Gasteiger partial charge in [0.25, 0.3) is 0 Å². The first kappa shape index (κ1) is 14.9. The predicted octanol–water partition coefficient (Wildman–Crippen LogP) is 2.70. The highest BCUT2D eigenvalue weighted by molar-refractivity contribution is 6.32. The maximum Gasteiger partial charge on any atom is 0.137 e. The third-order valence-corrected chi connectivity index (χ3v) is 3.64. The SMILES string of the molecule is COc1cc(CC[NH2+]CCc2ccccc2)ccc1Cl. The van der Waals surface area contributed by atoms with Crippen LogP contribution in [0.3, 0.4) is 0 Å². The van der Waals surface area contributed by atoms with E-state index in [0.717, 1.165) is 31.7 Å². The van der Waals surface area contributed by atoms with Crippen LogP contribution in [0, 0.1) is 0 Å². The molecular weight excluding hydrogens is 270 g/mol. The van der Waals surface area contributed by atoms with Crippen LogP contribution in [-0.2, 0) is 12.8 Å². The number of nitrogens with two attached hydrogens (primary N) is 1. The fraction of sp³-hybridized carbons (Fsp3) is 0.294. The van der Waals surface area contributed by atoms with E-state index >= 15 is 0 Å². The first-order valence-corrected chi connectivity index (χ1v) is 7.35. The minimum atomic E-state index is 0.671. The molecule has 2 N–H and O–H groups in total. The van der Waals surface area contributed by atoms with Gasteiger partial charge in [0.2, 0.25) is 0 Å².